The van der Waals surface area contributed by atoms with E-state index >= 15 is 0 Å². The lowest BCUT2D eigenvalue weighted by atomic mass is 10.3. The van der Waals surface area contributed by atoms with Crippen molar-refractivity contribution in [2.24, 2.45) is 0 Å². The van der Waals surface area contributed by atoms with Gasteiger partial charge < -0.3 is 10.3 Å². The normalized spacial score (nSPS) is 10.7. The van der Waals surface area contributed by atoms with Gasteiger partial charge in [0, 0.05) is 22.9 Å². The molecule has 0 saturated carbocycles. The first-order valence-electron chi connectivity index (χ1n) is 5.66. The van der Waals surface area contributed by atoms with Gasteiger partial charge in [-0.1, -0.05) is 6.92 Å². The first-order chi connectivity index (χ1) is 8.29. The van der Waals surface area contributed by atoms with Gasteiger partial charge >= 0.3 is 0 Å². The second-order valence-electron chi connectivity index (χ2n) is 3.80. The standard InChI is InChI=1S/C12H15BrN4/c1-2-5-14-7-10-8-16-12(17-10)11-4-3-9(13)6-15-11/h3-4,6,8,14H,2,5,7H2,1H3,(H,16,17). The van der Waals surface area contributed by atoms with Crippen LogP contribution in [0.15, 0.2) is 29.0 Å². The lowest BCUT2D eigenvalue weighted by Gasteiger charge is -1.99. The minimum absolute atomic E-state index is 0.811. The van der Waals surface area contributed by atoms with E-state index in [1.807, 2.05) is 18.3 Å². The summed E-state index contributed by atoms with van der Waals surface area (Å²) in [6.45, 7) is 3.99. The van der Waals surface area contributed by atoms with E-state index in [1.165, 1.54) is 0 Å². The molecule has 0 bridgehead atoms. The van der Waals surface area contributed by atoms with Crippen LogP contribution < -0.4 is 5.32 Å². The summed E-state index contributed by atoms with van der Waals surface area (Å²) in [4.78, 5) is 11.9. The molecule has 17 heavy (non-hydrogen) atoms. The van der Waals surface area contributed by atoms with Crippen LogP contribution in [0.3, 0.4) is 0 Å². The highest BCUT2D eigenvalue weighted by atomic mass is 79.9. The highest BCUT2D eigenvalue weighted by Gasteiger charge is 2.04. The number of aromatic amines is 1. The molecule has 0 unspecified atom stereocenters. The first kappa shape index (κ1) is 12.3. The van der Waals surface area contributed by atoms with Crippen molar-refractivity contribution in [2.75, 3.05) is 6.54 Å². The molecule has 90 valence electrons. The van der Waals surface area contributed by atoms with E-state index in [9.17, 15) is 0 Å². The predicted octanol–water partition coefficient (Wildman–Crippen LogP) is 2.73. The second-order valence-corrected chi connectivity index (χ2v) is 4.71. The van der Waals surface area contributed by atoms with E-state index in [2.05, 4.69) is 43.1 Å². The van der Waals surface area contributed by atoms with Gasteiger partial charge in [-0.05, 0) is 41.0 Å². The van der Waals surface area contributed by atoms with Crippen molar-refractivity contribution < 1.29 is 0 Å². The Balaban J connectivity index is 2.04. The lowest BCUT2D eigenvalue weighted by molar-refractivity contribution is 0.666. The van der Waals surface area contributed by atoms with Gasteiger partial charge in [-0.3, -0.25) is 4.98 Å². The maximum absolute atomic E-state index is 4.32. The van der Waals surface area contributed by atoms with Crippen molar-refractivity contribution in [3.63, 3.8) is 0 Å². The third-order valence-electron chi connectivity index (χ3n) is 2.34. The Kier molecular flexibility index (Phi) is 4.28. The summed E-state index contributed by atoms with van der Waals surface area (Å²) >= 11 is 3.36. The summed E-state index contributed by atoms with van der Waals surface area (Å²) in [5.74, 6) is 0.811. The van der Waals surface area contributed by atoms with Gasteiger partial charge in [0.05, 0.1) is 6.20 Å². The number of nitrogens with one attached hydrogen (secondary N) is 2. The van der Waals surface area contributed by atoms with Crippen LogP contribution in [0.1, 0.15) is 19.0 Å². The van der Waals surface area contributed by atoms with Crippen LogP contribution in [0.2, 0.25) is 0 Å². The third kappa shape index (κ3) is 3.38. The quantitative estimate of drug-likeness (QED) is 0.834. The molecule has 2 heterocycles. The molecular formula is C12H15BrN4. The Morgan fingerprint density at radius 3 is 2.88 bits per heavy atom. The molecule has 2 aromatic heterocycles. The van der Waals surface area contributed by atoms with Crippen LogP contribution in [0.25, 0.3) is 11.5 Å². The van der Waals surface area contributed by atoms with E-state index in [4.69, 9.17) is 0 Å². The number of hydrogen-bond acceptors (Lipinski definition) is 3. The Labute approximate surface area is 109 Å². The zero-order chi connectivity index (χ0) is 12.1. The molecular weight excluding hydrogens is 280 g/mol. The van der Waals surface area contributed by atoms with Gasteiger partial charge in [-0.25, -0.2) is 4.98 Å². The molecule has 4 nitrogen and oxygen atoms in total. The summed E-state index contributed by atoms with van der Waals surface area (Å²) in [5, 5.41) is 3.33. The molecule has 0 spiro atoms. The number of hydrogen-bond donors (Lipinski definition) is 2. The molecule has 0 amide bonds. The van der Waals surface area contributed by atoms with Crippen molar-refractivity contribution in [3.8, 4) is 11.5 Å². The van der Waals surface area contributed by atoms with Crippen LogP contribution in [-0.4, -0.2) is 21.5 Å². The zero-order valence-electron chi connectivity index (χ0n) is 9.70. The molecule has 0 fully saturated rings. The van der Waals surface area contributed by atoms with Crippen LogP contribution in [0.5, 0.6) is 0 Å². The molecule has 0 aromatic carbocycles. The van der Waals surface area contributed by atoms with Crippen LogP contribution in [0, 0.1) is 0 Å². The van der Waals surface area contributed by atoms with Crippen molar-refractivity contribution in [2.45, 2.75) is 19.9 Å². The smallest absolute Gasteiger partial charge is 0.156 e. The first-order valence-corrected chi connectivity index (χ1v) is 6.45. The van der Waals surface area contributed by atoms with Gasteiger partial charge in [0.25, 0.3) is 0 Å². The number of halogens is 1. The summed E-state index contributed by atoms with van der Waals surface area (Å²) in [5.41, 5.74) is 1.94. The average Bonchev–Trinajstić information content (AvgIpc) is 2.79. The molecule has 0 aliphatic rings. The topological polar surface area (TPSA) is 53.6 Å². The monoisotopic (exact) mass is 294 g/mol. The molecule has 0 aliphatic heterocycles. The summed E-state index contributed by atoms with van der Waals surface area (Å²) < 4.78 is 0.970. The fourth-order valence-corrected chi connectivity index (χ4v) is 1.73. The van der Waals surface area contributed by atoms with Crippen molar-refractivity contribution in [1.82, 2.24) is 20.3 Å². The zero-order valence-corrected chi connectivity index (χ0v) is 11.3. The maximum atomic E-state index is 4.32. The van der Waals surface area contributed by atoms with Gasteiger partial charge in [0.2, 0.25) is 0 Å². The summed E-state index contributed by atoms with van der Waals surface area (Å²) in [6.07, 6.45) is 4.75. The third-order valence-corrected chi connectivity index (χ3v) is 2.81. The van der Waals surface area contributed by atoms with Gasteiger partial charge in [-0.2, -0.15) is 0 Å². The van der Waals surface area contributed by atoms with E-state index in [0.717, 1.165) is 41.2 Å². The molecule has 2 aromatic rings. The molecule has 0 atom stereocenters. The number of H-pyrrole nitrogens is 1. The van der Waals surface area contributed by atoms with Crippen molar-refractivity contribution in [3.05, 3.63) is 34.7 Å². The van der Waals surface area contributed by atoms with Crippen LogP contribution in [-0.2, 0) is 6.54 Å². The van der Waals surface area contributed by atoms with E-state index in [1.54, 1.807) is 6.20 Å². The van der Waals surface area contributed by atoms with Gasteiger partial charge in [0.15, 0.2) is 5.82 Å². The molecule has 0 saturated heterocycles. The molecule has 5 heteroatoms. The van der Waals surface area contributed by atoms with Crippen molar-refractivity contribution >= 4 is 15.9 Å². The fraction of sp³-hybridized carbons (Fsp3) is 0.333. The largest absolute Gasteiger partial charge is 0.339 e. The predicted molar refractivity (Wildman–Crippen MR) is 71.5 cm³/mol. The minimum Gasteiger partial charge on any atom is -0.339 e. The van der Waals surface area contributed by atoms with Gasteiger partial charge in [-0.15, -0.1) is 0 Å². The Morgan fingerprint density at radius 1 is 1.29 bits per heavy atom. The number of pyridine rings is 1. The summed E-state index contributed by atoms with van der Waals surface area (Å²) in [6, 6.07) is 3.89. The molecule has 0 radical (unpaired) electrons. The highest BCUT2D eigenvalue weighted by Crippen LogP contribution is 2.15. The Morgan fingerprint density at radius 2 is 2.18 bits per heavy atom. The van der Waals surface area contributed by atoms with Crippen LogP contribution in [0.4, 0.5) is 0 Å². The lowest BCUT2D eigenvalue weighted by Crippen LogP contribution is -2.13. The molecule has 0 aliphatic carbocycles. The number of imidazole rings is 1. The Bertz CT molecular complexity index is 464. The van der Waals surface area contributed by atoms with E-state index < -0.39 is 0 Å². The highest BCUT2D eigenvalue weighted by molar-refractivity contribution is 9.10. The van der Waals surface area contributed by atoms with E-state index in [-0.39, 0.29) is 0 Å². The number of rotatable bonds is 5. The summed E-state index contributed by atoms with van der Waals surface area (Å²) in [7, 11) is 0. The maximum Gasteiger partial charge on any atom is 0.156 e. The second kappa shape index (κ2) is 5.93. The SMILES string of the molecule is CCCNCc1cnc(-c2ccc(Br)cn2)[nH]1. The van der Waals surface area contributed by atoms with Crippen LogP contribution >= 0.6 is 15.9 Å². The molecule has 2 N–H and O–H groups in total. The fourth-order valence-electron chi connectivity index (χ4n) is 1.49. The minimum atomic E-state index is 0.811. The average molecular weight is 295 g/mol. The van der Waals surface area contributed by atoms with E-state index in [0.29, 0.717) is 0 Å². The van der Waals surface area contributed by atoms with Crippen molar-refractivity contribution in [1.29, 1.82) is 0 Å². The number of aromatic nitrogens is 3. The Hall–Kier alpha value is -1.20. The number of nitrogens with zero attached hydrogens (tertiary/aromatic N) is 2. The van der Waals surface area contributed by atoms with Gasteiger partial charge in [0.1, 0.15) is 5.69 Å². The molecule has 2 rings (SSSR count).